The van der Waals surface area contributed by atoms with Crippen LogP contribution in [0.3, 0.4) is 0 Å². The summed E-state index contributed by atoms with van der Waals surface area (Å²) in [7, 11) is 0. The zero-order valence-corrected chi connectivity index (χ0v) is 24.3. The maximum absolute atomic E-state index is 13.8. The van der Waals surface area contributed by atoms with Gasteiger partial charge in [0.25, 0.3) is 0 Å². The van der Waals surface area contributed by atoms with Gasteiger partial charge in [0.2, 0.25) is 17.7 Å². The highest BCUT2D eigenvalue weighted by atomic mass is 16.8. The van der Waals surface area contributed by atoms with Crippen molar-refractivity contribution in [3.05, 3.63) is 0 Å². The minimum atomic E-state index is -0.610. The lowest BCUT2D eigenvalue weighted by Crippen LogP contribution is -2.53. The summed E-state index contributed by atoms with van der Waals surface area (Å²) in [6.07, 6.45) is 10.1. The molecule has 0 aromatic heterocycles. The van der Waals surface area contributed by atoms with Crippen LogP contribution in [0.4, 0.5) is 0 Å². The van der Waals surface area contributed by atoms with Crippen LogP contribution < -0.4 is 10.8 Å². The largest absolute Gasteiger partial charge is 0.379 e. The van der Waals surface area contributed by atoms with Crippen LogP contribution in [0.1, 0.15) is 90.9 Å². The topological polar surface area (TPSA) is 109 Å². The third-order valence-electron chi connectivity index (χ3n) is 8.02. The summed E-state index contributed by atoms with van der Waals surface area (Å²) in [4.78, 5) is 49.7. The molecule has 3 aliphatic rings. The van der Waals surface area contributed by atoms with Gasteiger partial charge in [-0.05, 0) is 38.0 Å². The molecule has 3 fully saturated rings. The van der Waals surface area contributed by atoms with Gasteiger partial charge < -0.3 is 19.7 Å². The third-order valence-corrected chi connectivity index (χ3v) is 8.02. The Morgan fingerprint density at radius 3 is 2.38 bits per heavy atom. The number of carbonyl (C=O) groups is 3. The number of rotatable bonds is 9. The maximum Gasteiger partial charge on any atom is 0.245 e. The first kappa shape index (κ1) is 31.8. The monoisotopic (exact) mass is 552 g/mol. The van der Waals surface area contributed by atoms with Crippen molar-refractivity contribution in [2.75, 3.05) is 52.5 Å². The van der Waals surface area contributed by atoms with E-state index in [9.17, 15) is 14.4 Å². The molecule has 3 saturated heterocycles. The van der Waals surface area contributed by atoms with Crippen molar-refractivity contribution >= 4 is 17.7 Å². The summed E-state index contributed by atoms with van der Waals surface area (Å²) < 4.78 is 11.0. The van der Waals surface area contributed by atoms with Crippen molar-refractivity contribution in [1.82, 2.24) is 20.6 Å². The minimum absolute atomic E-state index is 0.0154. The van der Waals surface area contributed by atoms with Gasteiger partial charge in [0, 0.05) is 58.1 Å². The van der Waals surface area contributed by atoms with Crippen molar-refractivity contribution in [2.45, 2.75) is 103 Å². The standard InChI is InChI=1S/C29H52N4O6/c1-23(2)27-29(36)33(16-11-14-32-17-20-37-21-18-32)15-9-6-4-3-5-7-12-24(28(35)30-27)22-25(34)31-39-26-13-8-10-19-38-26/h23-24,26-27H,3-22H2,1-2H3,(H,30,35)(H,31,34)/t24?,26-,27?/m0/s1. The van der Waals surface area contributed by atoms with E-state index in [4.69, 9.17) is 14.3 Å². The van der Waals surface area contributed by atoms with Gasteiger partial charge in [0.05, 0.1) is 13.2 Å². The maximum atomic E-state index is 13.8. The van der Waals surface area contributed by atoms with Crippen LogP contribution in [0.5, 0.6) is 0 Å². The molecule has 39 heavy (non-hydrogen) atoms. The molecule has 3 rings (SSSR count). The van der Waals surface area contributed by atoms with Gasteiger partial charge in [-0.3, -0.25) is 19.3 Å². The molecule has 2 N–H and O–H groups in total. The van der Waals surface area contributed by atoms with Crippen LogP contribution in [-0.4, -0.2) is 92.4 Å². The number of carbonyl (C=O) groups excluding carboxylic acids is 3. The van der Waals surface area contributed by atoms with Crippen LogP contribution in [0.15, 0.2) is 0 Å². The Balaban J connectivity index is 1.60. The molecule has 0 radical (unpaired) electrons. The highest BCUT2D eigenvalue weighted by Crippen LogP contribution is 2.19. The number of hydroxylamine groups is 1. The molecule has 224 valence electrons. The zero-order chi connectivity index (χ0) is 27.9. The summed E-state index contributed by atoms with van der Waals surface area (Å²) in [6.45, 7) is 10.3. The fourth-order valence-corrected chi connectivity index (χ4v) is 5.55. The van der Waals surface area contributed by atoms with E-state index in [1.165, 1.54) is 0 Å². The molecule has 0 bridgehead atoms. The van der Waals surface area contributed by atoms with Gasteiger partial charge in [-0.25, -0.2) is 10.3 Å². The van der Waals surface area contributed by atoms with E-state index in [2.05, 4.69) is 15.7 Å². The van der Waals surface area contributed by atoms with E-state index >= 15 is 0 Å². The second kappa shape index (κ2) is 17.8. The van der Waals surface area contributed by atoms with Gasteiger partial charge in [0.15, 0.2) is 6.29 Å². The molecule has 10 nitrogen and oxygen atoms in total. The lowest BCUT2D eigenvalue weighted by Gasteiger charge is -2.32. The molecule has 3 heterocycles. The molecule has 10 heteroatoms. The van der Waals surface area contributed by atoms with Crippen LogP contribution in [0, 0.1) is 11.8 Å². The van der Waals surface area contributed by atoms with Gasteiger partial charge in [-0.15, -0.1) is 0 Å². The molecular formula is C29H52N4O6. The Morgan fingerprint density at radius 2 is 1.67 bits per heavy atom. The van der Waals surface area contributed by atoms with E-state index in [1.54, 1.807) is 0 Å². The number of morpholine rings is 1. The molecule has 3 aliphatic heterocycles. The Morgan fingerprint density at radius 1 is 0.949 bits per heavy atom. The zero-order valence-electron chi connectivity index (χ0n) is 24.3. The summed E-state index contributed by atoms with van der Waals surface area (Å²) in [5.74, 6) is -1.14. The van der Waals surface area contributed by atoms with Crippen molar-refractivity contribution in [3.8, 4) is 0 Å². The molecule has 0 saturated carbocycles. The summed E-state index contributed by atoms with van der Waals surface area (Å²) in [5, 5.41) is 3.05. The SMILES string of the molecule is CC(C)C1NC(=O)C(CC(=O)NO[C@H]2CCCCO2)CCCCCCCCN(CCCN2CCOCC2)C1=O. The van der Waals surface area contributed by atoms with Crippen LogP contribution in [-0.2, 0) is 28.7 Å². The lowest BCUT2D eigenvalue weighted by atomic mass is 9.94. The fourth-order valence-electron chi connectivity index (χ4n) is 5.55. The van der Waals surface area contributed by atoms with Crippen molar-refractivity contribution in [3.63, 3.8) is 0 Å². The molecule has 0 spiro atoms. The first-order chi connectivity index (χ1) is 18.9. The molecule has 2 unspecified atom stereocenters. The van der Waals surface area contributed by atoms with Crippen molar-refractivity contribution in [1.29, 1.82) is 0 Å². The summed E-state index contributed by atoms with van der Waals surface area (Å²) in [5.41, 5.74) is 2.49. The van der Waals surface area contributed by atoms with E-state index in [1.807, 2.05) is 18.7 Å². The van der Waals surface area contributed by atoms with Crippen molar-refractivity contribution in [2.24, 2.45) is 11.8 Å². The Hall–Kier alpha value is -1.75. The normalized spacial score (nSPS) is 27.2. The number of nitrogens with one attached hydrogen (secondary N) is 2. The molecular weight excluding hydrogens is 500 g/mol. The smallest absolute Gasteiger partial charge is 0.245 e. The number of nitrogens with zero attached hydrogens (tertiary/aromatic N) is 2. The van der Waals surface area contributed by atoms with Crippen LogP contribution in [0.2, 0.25) is 0 Å². The average molecular weight is 553 g/mol. The number of hydrogen-bond acceptors (Lipinski definition) is 7. The highest BCUT2D eigenvalue weighted by Gasteiger charge is 2.32. The second-order valence-electron chi connectivity index (χ2n) is 11.6. The van der Waals surface area contributed by atoms with Gasteiger partial charge in [-0.2, -0.15) is 0 Å². The first-order valence-corrected chi connectivity index (χ1v) is 15.4. The van der Waals surface area contributed by atoms with Gasteiger partial charge >= 0.3 is 0 Å². The molecule has 3 atom stereocenters. The first-order valence-electron chi connectivity index (χ1n) is 15.4. The Labute approximate surface area is 234 Å². The predicted octanol–water partition coefficient (Wildman–Crippen LogP) is 3.00. The summed E-state index contributed by atoms with van der Waals surface area (Å²) >= 11 is 0. The van der Waals surface area contributed by atoms with E-state index in [0.29, 0.717) is 26.1 Å². The minimum Gasteiger partial charge on any atom is -0.379 e. The molecule has 0 aromatic rings. The Bertz CT molecular complexity index is 739. The lowest BCUT2D eigenvalue weighted by molar-refractivity contribution is -0.200. The van der Waals surface area contributed by atoms with E-state index < -0.39 is 18.2 Å². The van der Waals surface area contributed by atoms with Crippen LogP contribution >= 0.6 is 0 Å². The van der Waals surface area contributed by atoms with Gasteiger partial charge in [-0.1, -0.05) is 46.0 Å². The van der Waals surface area contributed by atoms with Crippen LogP contribution in [0.25, 0.3) is 0 Å². The third kappa shape index (κ3) is 11.7. The number of hydrogen-bond donors (Lipinski definition) is 2. The quantitative estimate of drug-likeness (QED) is 0.423. The molecule has 0 aliphatic carbocycles. The number of ether oxygens (including phenoxy) is 2. The van der Waals surface area contributed by atoms with Crippen molar-refractivity contribution < 1.29 is 28.7 Å². The fraction of sp³-hybridized carbons (Fsp3) is 0.897. The molecule has 0 aromatic carbocycles. The average Bonchev–Trinajstić information content (AvgIpc) is 2.94. The number of amides is 3. The van der Waals surface area contributed by atoms with E-state index in [-0.39, 0.29) is 30.1 Å². The predicted molar refractivity (Wildman–Crippen MR) is 148 cm³/mol. The van der Waals surface area contributed by atoms with E-state index in [0.717, 1.165) is 97.1 Å². The highest BCUT2D eigenvalue weighted by molar-refractivity contribution is 5.90. The molecule has 3 amide bonds. The van der Waals surface area contributed by atoms with Gasteiger partial charge in [0.1, 0.15) is 6.04 Å². The Kier molecular flexibility index (Phi) is 14.5. The summed E-state index contributed by atoms with van der Waals surface area (Å²) in [6, 6.07) is -0.610. The second-order valence-corrected chi connectivity index (χ2v) is 11.6.